The van der Waals surface area contributed by atoms with Crippen molar-refractivity contribution in [3.8, 4) is 0 Å². The zero-order valence-electron chi connectivity index (χ0n) is 15.4. The Morgan fingerprint density at radius 2 is 1.89 bits per heavy atom. The monoisotopic (exact) mass is 399 g/mol. The predicted octanol–water partition coefficient (Wildman–Crippen LogP) is 0.981. The van der Waals surface area contributed by atoms with Gasteiger partial charge in [-0.3, -0.25) is 9.59 Å². The molecule has 1 atom stereocenters. The minimum Gasteiger partial charge on any atom is -0.323 e. The van der Waals surface area contributed by atoms with E-state index in [1.807, 2.05) is 0 Å². The summed E-state index contributed by atoms with van der Waals surface area (Å²) < 4.78 is 39.1. The molecular weight excluding hydrogens is 377 g/mol. The molecule has 1 saturated carbocycles. The smallest absolute Gasteiger partial charge is 0.323 e. The van der Waals surface area contributed by atoms with Crippen molar-refractivity contribution in [1.29, 1.82) is 0 Å². The van der Waals surface area contributed by atoms with Crippen LogP contribution in [0.2, 0.25) is 0 Å². The van der Waals surface area contributed by atoms with Gasteiger partial charge in [0.1, 0.15) is 5.54 Å². The molecule has 1 saturated heterocycles. The van der Waals surface area contributed by atoms with Crippen molar-refractivity contribution in [2.24, 2.45) is 0 Å². The Morgan fingerprint density at radius 3 is 2.54 bits per heavy atom. The summed E-state index contributed by atoms with van der Waals surface area (Å²) in [6, 6.07) is 4.22. The zero-order valence-corrected chi connectivity index (χ0v) is 15.4. The van der Waals surface area contributed by atoms with Gasteiger partial charge in [-0.2, -0.15) is 13.2 Å². The number of alkyl halides is 3. The van der Waals surface area contributed by atoms with E-state index >= 15 is 0 Å². The Bertz CT molecular complexity index is 791. The van der Waals surface area contributed by atoms with Crippen molar-refractivity contribution in [1.82, 2.24) is 10.2 Å². The van der Waals surface area contributed by atoms with Crippen molar-refractivity contribution in [3.63, 3.8) is 0 Å². The van der Waals surface area contributed by atoms with Crippen LogP contribution in [0, 0.1) is 0 Å². The first-order valence-electron chi connectivity index (χ1n) is 9.04. The summed E-state index contributed by atoms with van der Waals surface area (Å²) >= 11 is 0. The van der Waals surface area contributed by atoms with Gasteiger partial charge in [-0.25, -0.2) is 9.69 Å². The number of amides is 4. The zero-order chi connectivity index (χ0) is 20.5. The van der Waals surface area contributed by atoms with Gasteiger partial charge in [-0.15, -0.1) is 0 Å². The van der Waals surface area contributed by atoms with E-state index in [4.69, 9.17) is 0 Å². The third kappa shape index (κ3) is 3.96. The standard InChI is InChI=1S/C18H21F3N4O3/c1-24(11-25-15(27)17(23-16(25)28)8-4-5-9-17)10-14(26)22-13-7-3-2-6-12(13)18(19,20)21/h2-3,6-7H,4-5,8-11H2,1H3,(H,22,26)(H,23,28)/p+1. The predicted molar refractivity (Wildman–Crippen MR) is 93.3 cm³/mol. The molecule has 1 aliphatic heterocycles. The molecule has 10 heteroatoms. The number of benzene rings is 1. The number of urea groups is 1. The number of rotatable bonds is 5. The minimum absolute atomic E-state index is 0.0409. The average molecular weight is 399 g/mol. The number of anilines is 1. The van der Waals surface area contributed by atoms with Crippen LogP contribution in [-0.2, 0) is 15.8 Å². The first-order chi connectivity index (χ1) is 13.1. The number of para-hydroxylation sites is 1. The van der Waals surface area contributed by atoms with Gasteiger partial charge in [-0.1, -0.05) is 25.0 Å². The summed E-state index contributed by atoms with van der Waals surface area (Å²) in [6.45, 7) is -0.239. The van der Waals surface area contributed by atoms with Crippen LogP contribution in [0.3, 0.4) is 0 Å². The first kappa shape index (κ1) is 20.1. The number of hydrogen-bond donors (Lipinski definition) is 3. The molecule has 2 fully saturated rings. The Labute approximate surface area is 159 Å². The van der Waals surface area contributed by atoms with Crippen LogP contribution in [-0.4, -0.2) is 48.5 Å². The number of imide groups is 1. The van der Waals surface area contributed by atoms with Crippen molar-refractivity contribution in [3.05, 3.63) is 29.8 Å². The maximum atomic E-state index is 13.0. The molecular formula is C18H22F3N4O3+. The summed E-state index contributed by atoms with van der Waals surface area (Å²) in [5.41, 5.74) is -2.09. The molecule has 1 aromatic rings. The van der Waals surface area contributed by atoms with Gasteiger partial charge in [0.05, 0.1) is 18.3 Å². The Kier molecular flexibility index (Phi) is 5.33. The maximum absolute atomic E-state index is 13.0. The summed E-state index contributed by atoms with van der Waals surface area (Å²) in [4.78, 5) is 38.5. The second-order valence-electron chi connectivity index (χ2n) is 7.34. The number of carbonyl (C=O) groups is 3. The largest absolute Gasteiger partial charge is 0.418 e. The lowest BCUT2D eigenvalue weighted by Crippen LogP contribution is -3.11. The molecule has 152 valence electrons. The lowest BCUT2D eigenvalue weighted by Gasteiger charge is -2.22. The first-order valence-corrected chi connectivity index (χ1v) is 9.04. The van der Waals surface area contributed by atoms with Gasteiger partial charge in [-0.05, 0) is 25.0 Å². The molecule has 2 aliphatic rings. The lowest BCUT2D eigenvalue weighted by molar-refractivity contribution is -0.878. The fourth-order valence-corrected chi connectivity index (χ4v) is 3.77. The van der Waals surface area contributed by atoms with Gasteiger partial charge in [0.15, 0.2) is 13.2 Å². The maximum Gasteiger partial charge on any atom is 0.418 e. The second-order valence-corrected chi connectivity index (χ2v) is 7.34. The molecule has 0 bridgehead atoms. The van der Waals surface area contributed by atoms with Crippen LogP contribution in [0.15, 0.2) is 24.3 Å². The van der Waals surface area contributed by atoms with Gasteiger partial charge < -0.3 is 15.5 Å². The fourth-order valence-electron chi connectivity index (χ4n) is 3.77. The molecule has 3 rings (SSSR count). The minimum atomic E-state index is -4.59. The second kappa shape index (κ2) is 7.42. The average Bonchev–Trinajstić information content (AvgIpc) is 3.15. The quantitative estimate of drug-likeness (QED) is 0.646. The van der Waals surface area contributed by atoms with E-state index in [1.165, 1.54) is 18.2 Å². The Hall–Kier alpha value is -2.62. The number of halogens is 3. The molecule has 7 nitrogen and oxygen atoms in total. The number of likely N-dealkylation sites (N-methyl/N-ethyl adjacent to an activating group) is 1. The van der Waals surface area contributed by atoms with Gasteiger partial charge in [0.25, 0.3) is 11.8 Å². The summed E-state index contributed by atoms with van der Waals surface area (Å²) in [5, 5.41) is 5.01. The third-order valence-electron chi connectivity index (χ3n) is 5.10. The summed E-state index contributed by atoms with van der Waals surface area (Å²) in [5.74, 6) is -0.936. The van der Waals surface area contributed by atoms with Gasteiger partial charge in [0, 0.05) is 0 Å². The molecule has 1 aliphatic carbocycles. The highest BCUT2D eigenvalue weighted by atomic mass is 19.4. The van der Waals surface area contributed by atoms with Crippen LogP contribution < -0.4 is 15.5 Å². The van der Waals surface area contributed by atoms with Crippen LogP contribution >= 0.6 is 0 Å². The number of carbonyl (C=O) groups excluding carboxylic acids is 3. The van der Waals surface area contributed by atoms with E-state index in [2.05, 4.69) is 10.6 Å². The lowest BCUT2D eigenvalue weighted by atomic mass is 9.98. The summed E-state index contributed by atoms with van der Waals surface area (Å²) in [6.07, 6.45) is -1.66. The molecule has 4 amide bonds. The number of quaternary nitrogens is 1. The molecule has 0 aromatic heterocycles. The number of hydrogen-bond acceptors (Lipinski definition) is 3. The third-order valence-corrected chi connectivity index (χ3v) is 5.10. The van der Waals surface area contributed by atoms with Crippen molar-refractivity contribution >= 4 is 23.5 Å². The SMILES string of the molecule is C[NH+](CC(=O)Nc1ccccc1C(F)(F)F)CN1C(=O)NC2(CCCC2)C1=O. The molecule has 1 heterocycles. The van der Waals surface area contributed by atoms with Gasteiger partial charge in [0.2, 0.25) is 0 Å². The molecule has 1 unspecified atom stereocenters. The van der Waals surface area contributed by atoms with Crippen LogP contribution in [0.4, 0.5) is 23.7 Å². The van der Waals surface area contributed by atoms with Crippen LogP contribution in [0.5, 0.6) is 0 Å². The van der Waals surface area contributed by atoms with E-state index in [9.17, 15) is 27.6 Å². The number of nitrogens with one attached hydrogen (secondary N) is 3. The fraction of sp³-hybridized carbons (Fsp3) is 0.500. The molecule has 28 heavy (non-hydrogen) atoms. The van der Waals surface area contributed by atoms with E-state index < -0.39 is 29.2 Å². The molecule has 1 spiro atoms. The van der Waals surface area contributed by atoms with Crippen LogP contribution in [0.25, 0.3) is 0 Å². The van der Waals surface area contributed by atoms with Crippen molar-refractivity contribution in [2.75, 3.05) is 25.6 Å². The number of nitrogens with zero attached hydrogens (tertiary/aromatic N) is 1. The van der Waals surface area contributed by atoms with E-state index in [0.29, 0.717) is 17.7 Å². The molecule has 3 N–H and O–H groups in total. The summed E-state index contributed by atoms with van der Waals surface area (Å²) in [7, 11) is 1.59. The molecule has 0 radical (unpaired) electrons. The Balaban J connectivity index is 1.60. The van der Waals surface area contributed by atoms with E-state index in [1.54, 1.807) is 7.05 Å². The highest BCUT2D eigenvalue weighted by Crippen LogP contribution is 2.35. The van der Waals surface area contributed by atoms with Gasteiger partial charge >= 0.3 is 12.2 Å². The van der Waals surface area contributed by atoms with E-state index in [0.717, 1.165) is 23.8 Å². The molecule has 1 aromatic carbocycles. The van der Waals surface area contributed by atoms with Crippen molar-refractivity contribution < 1.29 is 32.5 Å². The van der Waals surface area contributed by atoms with E-state index in [-0.39, 0.29) is 24.8 Å². The van der Waals surface area contributed by atoms with Crippen molar-refractivity contribution in [2.45, 2.75) is 37.4 Å². The normalized spacial score (nSPS) is 19.8. The highest BCUT2D eigenvalue weighted by Gasteiger charge is 2.53. The Morgan fingerprint density at radius 1 is 1.25 bits per heavy atom. The van der Waals surface area contributed by atoms with Crippen LogP contribution in [0.1, 0.15) is 31.2 Å². The highest BCUT2D eigenvalue weighted by molar-refractivity contribution is 6.07. The topological polar surface area (TPSA) is 82.9 Å².